The zero-order valence-corrected chi connectivity index (χ0v) is 20.8. The van der Waals surface area contributed by atoms with E-state index in [1.807, 2.05) is 0 Å². The van der Waals surface area contributed by atoms with Crippen LogP contribution in [0.4, 0.5) is 0 Å². The normalized spacial score (nSPS) is 18.8. The zero-order chi connectivity index (χ0) is 27.1. The molecule has 0 aromatic heterocycles. The van der Waals surface area contributed by atoms with Crippen molar-refractivity contribution in [3.63, 3.8) is 0 Å². The lowest BCUT2D eigenvalue weighted by Gasteiger charge is -2.40. The second-order valence-electron chi connectivity index (χ2n) is 8.74. The van der Waals surface area contributed by atoms with Crippen molar-refractivity contribution in [3.8, 4) is 28.7 Å². The van der Waals surface area contributed by atoms with Gasteiger partial charge >= 0.3 is 29.8 Å². The van der Waals surface area contributed by atoms with Crippen molar-refractivity contribution in [1.82, 2.24) is 0 Å². The van der Waals surface area contributed by atoms with Crippen LogP contribution >= 0.6 is 0 Å². The maximum absolute atomic E-state index is 12.2. The number of fused-ring (bicyclic) bond motifs is 5. The Hall–Kier alpha value is -4.41. The number of esters is 5. The average Bonchev–Trinajstić information content (AvgIpc) is 3.06. The number of carbonyl (C=O) groups is 5. The first-order valence-electron chi connectivity index (χ1n) is 11.3. The summed E-state index contributed by atoms with van der Waals surface area (Å²) in [7, 11) is 0. The predicted molar refractivity (Wildman–Crippen MR) is 124 cm³/mol. The Labute approximate surface area is 211 Å². The highest BCUT2D eigenvalue weighted by molar-refractivity contribution is 5.78. The summed E-state index contributed by atoms with van der Waals surface area (Å²) in [5.41, 5.74) is 0.548. The zero-order valence-electron chi connectivity index (χ0n) is 20.8. The molecule has 1 heterocycles. The third kappa shape index (κ3) is 4.97. The molecule has 194 valence electrons. The Morgan fingerprint density at radius 3 is 1.86 bits per heavy atom. The van der Waals surface area contributed by atoms with Crippen LogP contribution in [0.5, 0.6) is 28.7 Å². The summed E-state index contributed by atoms with van der Waals surface area (Å²) in [6, 6.07) is 6.16. The minimum absolute atomic E-state index is 0.00450. The molecule has 1 aliphatic heterocycles. The predicted octanol–water partition coefficient (Wildman–Crippen LogP) is 2.77. The van der Waals surface area contributed by atoms with Crippen LogP contribution in [0.15, 0.2) is 24.3 Å². The molecular weight excluding hydrogens is 488 g/mol. The van der Waals surface area contributed by atoms with Crippen molar-refractivity contribution in [2.45, 2.75) is 52.6 Å². The number of hydrogen-bond donors (Lipinski definition) is 0. The van der Waals surface area contributed by atoms with Crippen LogP contribution in [0, 0.1) is 0 Å². The van der Waals surface area contributed by atoms with E-state index in [1.165, 1.54) is 40.7 Å². The van der Waals surface area contributed by atoms with Gasteiger partial charge in [0, 0.05) is 46.6 Å². The molecule has 0 radical (unpaired) electrons. The Morgan fingerprint density at radius 1 is 0.730 bits per heavy atom. The Kier molecular flexibility index (Phi) is 6.64. The molecule has 0 saturated heterocycles. The molecule has 2 aromatic carbocycles. The standard InChI is InChI=1S/C26H24O11/c1-12(27)33-20-7-6-18-23-19-9-22(35-14(3)29)21(34-13(2)28)8-17(19)10-26(23,37-16(5)31)11-32-24(18)25(20)36-15(4)30/h6-9,23H,10-11H2,1-5H3. The molecule has 37 heavy (non-hydrogen) atoms. The first-order chi connectivity index (χ1) is 17.4. The summed E-state index contributed by atoms with van der Waals surface area (Å²) >= 11 is 0. The van der Waals surface area contributed by atoms with Gasteiger partial charge < -0.3 is 28.4 Å². The molecule has 2 aliphatic rings. The van der Waals surface area contributed by atoms with E-state index in [4.69, 9.17) is 28.4 Å². The van der Waals surface area contributed by atoms with E-state index in [9.17, 15) is 24.0 Å². The van der Waals surface area contributed by atoms with Crippen molar-refractivity contribution in [2.75, 3.05) is 6.61 Å². The maximum Gasteiger partial charge on any atom is 0.308 e. The molecule has 0 amide bonds. The SMILES string of the molecule is CC(=O)Oc1cc2c(cc1OC(C)=O)C1c3ccc(OC(C)=O)c(OC(C)=O)c3OCC1(OC(C)=O)C2. The highest BCUT2D eigenvalue weighted by atomic mass is 16.6. The molecule has 2 unspecified atom stereocenters. The molecule has 11 nitrogen and oxygen atoms in total. The quantitative estimate of drug-likeness (QED) is 0.431. The van der Waals surface area contributed by atoms with E-state index in [0.717, 1.165) is 0 Å². The molecule has 1 aliphatic carbocycles. The maximum atomic E-state index is 12.2. The van der Waals surface area contributed by atoms with Gasteiger partial charge in [-0.3, -0.25) is 24.0 Å². The number of rotatable bonds is 5. The lowest BCUT2D eigenvalue weighted by molar-refractivity contribution is -0.162. The molecule has 2 aromatic rings. The lowest BCUT2D eigenvalue weighted by Crippen LogP contribution is -2.47. The van der Waals surface area contributed by atoms with Crippen molar-refractivity contribution in [1.29, 1.82) is 0 Å². The van der Waals surface area contributed by atoms with Crippen molar-refractivity contribution in [3.05, 3.63) is 41.0 Å². The van der Waals surface area contributed by atoms with Gasteiger partial charge in [-0.2, -0.15) is 0 Å². The molecule has 0 bridgehead atoms. The fourth-order valence-corrected chi connectivity index (χ4v) is 4.82. The summed E-state index contributed by atoms with van der Waals surface area (Å²) in [5, 5.41) is 0. The Bertz CT molecular complexity index is 1340. The monoisotopic (exact) mass is 512 g/mol. The molecule has 0 saturated carbocycles. The van der Waals surface area contributed by atoms with Gasteiger partial charge in [0.05, 0.1) is 5.92 Å². The average molecular weight is 512 g/mol. The fourth-order valence-electron chi connectivity index (χ4n) is 4.82. The van der Waals surface area contributed by atoms with Gasteiger partial charge in [-0.05, 0) is 29.3 Å². The summed E-state index contributed by atoms with van der Waals surface area (Å²) in [5.74, 6) is -3.71. The molecule has 4 rings (SSSR count). The number of hydrogen-bond acceptors (Lipinski definition) is 11. The van der Waals surface area contributed by atoms with Crippen LogP contribution in [0.1, 0.15) is 57.2 Å². The van der Waals surface area contributed by atoms with Gasteiger partial charge in [-0.1, -0.05) is 6.07 Å². The summed E-state index contributed by atoms with van der Waals surface area (Å²) < 4.78 is 33.0. The van der Waals surface area contributed by atoms with E-state index in [2.05, 4.69) is 0 Å². The molecule has 0 fully saturated rings. The van der Waals surface area contributed by atoms with E-state index >= 15 is 0 Å². The highest BCUT2D eigenvalue weighted by Gasteiger charge is 2.55. The first-order valence-corrected chi connectivity index (χ1v) is 11.3. The Balaban J connectivity index is 1.95. The number of benzene rings is 2. The molecular formula is C26H24O11. The minimum atomic E-state index is -1.21. The van der Waals surface area contributed by atoms with Crippen molar-refractivity contribution in [2.24, 2.45) is 0 Å². The number of ether oxygens (including phenoxy) is 6. The fraction of sp³-hybridized carbons (Fsp3) is 0.346. The van der Waals surface area contributed by atoms with Gasteiger partial charge in [0.15, 0.2) is 28.6 Å². The summed E-state index contributed by atoms with van der Waals surface area (Å²) in [6.45, 7) is 5.95. The van der Waals surface area contributed by atoms with Gasteiger partial charge in [-0.15, -0.1) is 0 Å². The lowest BCUT2D eigenvalue weighted by atomic mass is 9.80. The van der Waals surface area contributed by atoms with Crippen molar-refractivity contribution < 1.29 is 52.4 Å². The third-order valence-corrected chi connectivity index (χ3v) is 5.76. The summed E-state index contributed by atoms with van der Waals surface area (Å²) in [4.78, 5) is 59.1. The third-order valence-electron chi connectivity index (χ3n) is 5.76. The largest absolute Gasteiger partial charge is 0.485 e. The van der Waals surface area contributed by atoms with E-state index in [-0.39, 0.29) is 41.8 Å². The first kappa shape index (κ1) is 25.7. The smallest absolute Gasteiger partial charge is 0.308 e. The Morgan fingerprint density at radius 2 is 1.30 bits per heavy atom. The van der Waals surface area contributed by atoms with E-state index < -0.39 is 41.4 Å². The van der Waals surface area contributed by atoms with E-state index in [0.29, 0.717) is 16.7 Å². The van der Waals surface area contributed by atoms with Crippen LogP contribution < -0.4 is 23.7 Å². The van der Waals surface area contributed by atoms with Crippen LogP contribution in [-0.4, -0.2) is 42.1 Å². The topological polar surface area (TPSA) is 141 Å². The van der Waals surface area contributed by atoms with Gasteiger partial charge in [0.1, 0.15) is 6.61 Å². The highest BCUT2D eigenvalue weighted by Crippen LogP contribution is 2.57. The summed E-state index contributed by atoms with van der Waals surface area (Å²) in [6.07, 6.45) is 0.190. The van der Waals surface area contributed by atoms with Crippen molar-refractivity contribution >= 4 is 29.8 Å². The van der Waals surface area contributed by atoms with Crippen LogP contribution in [-0.2, 0) is 35.1 Å². The van der Waals surface area contributed by atoms with Gasteiger partial charge in [0.25, 0.3) is 0 Å². The van der Waals surface area contributed by atoms with Crippen LogP contribution in [0.2, 0.25) is 0 Å². The van der Waals surface area contributed by atoms with Gasteiger partial charge in [-0.25, -0.2) is 0 Å². The molecule has 0 N–H and O–H groups in total. The minimum Gasteiger partial charge on any atom is -0.485 e. The number of carbonyl (C=O) groups excluding carboxylic acids is 5. The van der Waals surface area contributed by atoms with Gasteiger partial charge in [0.2, 0.25) is 5.75 Å². The molecule has 11 heteroatoms. The van der Waals surface area contributed by atoms with E-state index in [1.54, 1.807) is 18.2 Å². The van der Waals surface area contributed by atoms with Crippen LogP contribution in [0.3, 0.4) is 0 Å². The molecule has 2 atom stereocenters. The molecule has 0 spiro atoms. The van der Waals surface area contributed by atoms with Crippen LogP contribution in [0.25, 0.3) is 0 Å². The second-order valence-corrected chi connectivity index (χ2v) is 8.74. The second kappa shape index (κ2) is 9.57.